The van der Waals surface area contributed by atoms with Crippen molar-refractivity contribution in [2.45, 2.75) is 24.7 Å². The minimum Gasteiger partial charge on any atom is -0.0770 e. The molecule has 0 radical (unpaired) electrons. The maximum absolute atomic E-state index is 2.40. The first kappa shape index (κ1) is 20.0. The third kappa shape index (κ3) is 3.76. The van der Waals surface area contributed by atoms with Gasteiger partial charge in [-0.3, -0.25) is 0 Å². The summed E-state index contributed by atoms with van der Waals surface area (Å²) >= 11 is 0. The molecule has 2 aliphatic rings. The summed E-state index contributed by atoms with van der Waals surface area (Å²) in [6, 6.07) is 38.1. The highest BCUT2D eigenvalue weighted by Gasteiger charge is 2.33. The van der Waals surface area contributed by atoms with E-state index in [0.717, 1.165) is 12.8 Å². The van der Waals surface area contributed by atoms with E-state index in [9.17, 15) is 0 Å². The van der Waals surface area contributed by atoms with Crippen LogP contribution in [0.3, 0.4) is 0 Å². The topological polar surface area (TPSA) is 0 Å². The summed E-state index contributed by atoms with van der Waals surface area (Å²) in [7, 11) is 0. The van der Waals surface area contributed by atoms with Crippen molar-refractivity contribution >= 4 is 0 Å². The Kier molecular flexibility index (Phi) is 5.28. The number of allylic oxidation sites excluding steroid dienone is 4. The van der Waals surface area contributed by atoms with Crippen LogP contribution >= 0.6 is 0 Å². The lowest BCUT2D eigenvalue weighted by atomic mass is 9.70. The van der Waals surface area contributed by atoms with E-state index in [2.05, 4.69) is 127 Å². The molecule has 0 N–H and O–H groups in total. The molecule has 33 heavy (non-hydrogen) atoms. The number of benzene rings is 4. The molecule has 0 spiro atoms. The molecule has 6 rings (SSSR count). The quantitative estimate of drug-likeness (QED) is 0.258. The van der Waals surface area contributed by atoms with Crippen molar-refractivity contribution in [1.29, 1.82) is 0 Å². The van der Waals surface area contributed by atoms with Crippen molar-refractivity contribution in [3.63, 3.8) is 0 Å². The van der Waals surface area contributed by atoms with Crippen molar-refractivity contribution in [3.8, 4) is 11.1 Å². The van der Waals surface area contributed by atoms with Crippen LogP contribution < -0.4 is 0 Å². The van der Waals surface area contributed by atoms with Crippen LogP contribution in [0.2, 0.25) is 0 Å². The zero-order valence-electron chi connectivity index (χ0n) is 18.8. The number of hydrogen-bond donors (Lipinski definition) is 0. The highest BCUT2D eigenvalue weighted by atomic mass is 14.4. The number of fused-ring (bicyclic) bond motifs is 3. The van der Waals surface area contributed by atoms with Gasteiger partial charge >= 0.3 is 0 Å². The standard InChI is InChI=1S/C33H28/c1-3-12-24(13-4-1)22-32(33(26-16-7-8-17-26)25-14-5-2-6-15-25)30-21-11-20-29-28-19-10-9-18-27(28)23-31(29)30/h1-21,26,32-33H,22-23H2. The maximum atomic E-state index is 2.40. The van der Waals surface area contributed by atoms with Crippen LogP contribution in [0.4, 0.5) is 0 Å². The fourth-order valence-corrected chi connectivity index (χ4v) is 5.91. The molecular weight excluding hydrogens is 396 g/mol. The molecule has 0 saturated carbocycles. The summed E-state index contributed by atoms with van der Waals surface area (Å²) in [5.74, 6) is 1.17. The molecule has 0 nitrogen and oxygen atoms in total. The first-order valence-electron chi connectivity index (χ1n) is 12.0. The largest absolute Gasteiger partial charge is 0.0770 e. The monoisotopic (exact) mass is 424 g/mol. The molecule has 0 bridgehead atoms. The molecule has 0 fully saturated rings. The Morgan fingerprint density at radius 2 is 1.30 bits per heavy atom. The maximum Gasteiger partial charge on any atom is 0.00275 e. The van der Waals surface area contributed by atoms with E-state index in [4.69, 9.17) is 0 Å². The van der Waals surface area contributed by atoms with E-state index in [0.29, 0.717) is 17.8 Å². The van der Waals surface area contributed by atoms with Gasteiger partial charge in [-0.05, 0) is 57.7 Å². The van der Waals surface area contributed by atoms with Crippen LogP contribution in [0.5, 0.6) is 0 Å². The van der Waals surface area contributed by atoms with E-state index >= 15 is 0 Å². The molecule has 4 aromatic carbocycles. The molecule has 2 unspecified atom stereocenters. The van der Waals surface area contributed by atoms with Crippen molar-refractivity contribution in [2.75, 3.05) is 0 Å². The van der Waals surface area contributed by atoms with Gasteiger partial charge in [0.1, 0.15) is 0 Å². The summed E-state index contributed by atoms with van der Waals surface area (Å²) in [5.41, 5.74) is 10.1. The Balaban J connectivity index is 1.52. The van der Waals surface area contributed by atoms with Crippen LogP contribution in [-0.4, -0.2) is 0 Å². The molecule has 0 aliphatic heterocycles. The van der Waals surface area contributed by atoms with Gasteiger partial charge in [0, 0.05) is 11.8 Å². The van der Waals surface area contributed by atoms with Gasteiger partial charge in [0.05, 0.1) is 0 Å². The first-order valence-corrected chi connectivity index (χ1v) is 12.0. The molecule has 2 aliphatic carbocycles. The van der Waals surface area contributed by atoms with E-state index in [1.54, 1.807) is 0 Å². The molecular formula is C33H28. The van der Waals surface area contributed by atoms with Gasteiger partial charge in [0.25, 0.3) is 0 Å². The summed E-state index contributed by atoms with van der Waals surface area (Å²) in [6.07, 6.45) is 11.3. The van der Waals surface area contributed by atoms with Gasteiger partial charge in [-0.25, -0.2) is 0 Å². The van der Waals surface area contributed by atoms with E-state index in [-0.39, 0.29) is 0 Å². The third-order valence-electron chi connectivity index (χ3n) is 7.40. The molecule has 0 heterocycles. The molecule has 0 heteroatoms. The van der Waals surface area contributed by atoms with Crippen LogP contribution in [0.1, 0.15) is 39.7 Å². The van der Waals surface area contributed by atoms with Crippen molar-refractivity contribution < 1.29 is 0 Å². The summed E-state index contributed by atoms with van der Waals surface area (Å²) < 4.78 is 0. The lowest BCUT2D eigenvalue weighted by Crippen LogP contribution is -2.21. The summed E-state index contributed by atoms with van der Waals surface area (Å²) in [4.78, 5) is 0. The zero-order valence-corrected chi connectivity index (χ0v) is 18.8. The number of rotatable bonds is 6. The number of hydrogen-bond acceptors (Lipinski definition) is 0. The Bertz CT molecular complexity index is 1300. The first-order chi connectivity index (χ1) is 16.4. The lowest BCUT2D eigenvalue weighted by Gasteiger charge is -2.33. The van der Waals surface area contributed by atoms with Gasteiger partial charge in [-0.2, -0.15) is 0 Å². The Morgan fingerprint density at radius 3 is 2.09 bits per heavy atom. The summed E-state index contributed by atoms with van der Waals surface area (Å²) in [5, 5.41) is 0. The van der Waals surface area contributed by atoms with Crippen molar-refractivity contribution in [3.05, 3.63) is 155 Å². The molecule has 0 amide bonds. The second-order valence-electron chi connectivity index (χ2n) is 9.29. The zero-order chi connectivity index (χ0) is 22.0. The van der Waals surface area contributed by atoms with E-state index in [1.165, 1.54) is 38.9 Å². The van der Waals surface area contributed by atoms with Crippen LogP contribution in [0, 0.1) is 5.92 Å². The lowest BCUT2D eigenvalue weighted by molar-refractivity contribution is 0.477. The second-order valence-corrected chi connectivity index (χ2v) is 9.29. The molecule has 160 valence electrons. The van der Waals surface area contributed by atoms with Crippen LogP contribution in [0.15, 0.2) is 127 Å². The van der Waals surface area contributed by atoms with E-state index in [1.807, 2.05) is 0 Å². The highest BCUT2D eigenvalue weighted by molar-refractivity contribution is 5.78. The average Bonchev–Trinajstić information content (AvgIpc) is 3.53. The minimum atomic E-state index is 0.386. The van der Waals surface area contributed by atoms with E-state index < -0.39 is 0 Å². The highest BCUT2D eigenvalue weighted by Crippen LogP contribution is 2.48. The third-order valence-corrected chi connectivity index (χ3v) is 7.40. The minimum absolute atomic E-state index is 0.386. The van der Waals surface area contributed by atoms with Gasteiger partial charge in [-0.1, -0.05) is 127 Å². The second kappa shape index (κ2) is 8.71. The van der Waals surface area contributed by atoms with Gasteiger partial charge in [0.15, 0.2) is 0 Å². The smallest absolute Gasteiger partial charge is 0.00275 e. The summed E-state index contributed by atoms with van der Waals surface area (Å²) in [6.45, 7) is 0. The van der Waals surface area contributed by atoms with Gasteiger partial charge < -0.3 is 0 Å². The van der Waals surface area contributed by atoms with Crippen LogP contribution in [-0.2, 0) is 12.8 Å². The SMILES string of the molecule is C1=CC(C(c2ccccc2)C(Cc2ccccc2)c2cccc3c2Cc2ccccc2-3)C=C1. The molecule has 0 saturated heterocycles. The average molecular weight is 425 g/mol. The van der Waals surface area contributed by atoms with Gasteiger partial charge in [-0.15, -0.1) is 0 Å². The Labute approximate surface area is 196 Å². The van der Waals surface area contributed by atoms with Crippen molar-refractivity contribution in [2.24, 2.45) is 5.92 Å². The fourth-order valence-electron chi connectivity index (χ4n) is 5.91. The fraction of sp³-hybridized carbons (Fsp3) is 0.152. The Morgan fingerprint density at radius 1 is 0.636 bits per heavy atom. The predicted molar refractivity (Wildman–Crippen MR) is 139 cm³/mol. The Hall–Kier alpha value is -3.64. The van der Waals surface area contributed by atoms with Gasteiger partial charge in [0.2, 0.25) is 0 Å². The molecule has 0 aromatic heterocycles. The van der Waals surface area contributed by atoms with Crippen molar-refractivity contribution in [1.82, 2.24) is 0 Å². The predicted octanol–water partition coefficient (Wildman–Crippen LogP) is 8.11. The molecule has 2 atom stereocenters. The van der Waals surface area contributed by atoms with Crippen LogP contribution in [0.25, 0.3) is 11.1 Å². The normalized spacial score (nSPS) is 15.9. The molecule has 4 aromatic rings.